The van der Waals surface area contributed by atoms with Gasteiger partial charge in [-0.1, -0.05) is 12.2 Å². The monoisotopic (exact) mass is 191 g/mol. The van der Waals surface area contributed by atoms with Gasteiger partial charge in [0.25, 0.3) is 6.43 Å². The lowest BCUT2D eigenvalue weighted by Gasteiger charge is -2.08. The average molecular weight is 191 g/mol. The molecule has 0 unspecified atom stereocenters. The van der Waals surface area contributed by atoms with Crippen LogP contribution >= 0.6 is 0 Å². The number of alkyl halides is 2. The highest BCUT2D eigenvalue weighted by atomic mass is 19.3. The molecule has 1 rings (SSSR count). The Kier molecular flexibility index (Phi) is 3.36. The maximum absolute atomic E-state index is 11.6. The lowest BCUT2D eigenvalue weighted by molar-refractivity contribution is -0.150. The zero-order chi connectivity index (χ0) is 9.84. The maximum Gasteiger partial charge on any atom is 0.313 e. The Morgan fingerprint density at radius 1 is 1.62 bits per heavy atom. The minimum absolute atomic E-state index is 0.163. The summed E-state index contributed by atoms with van der Waals surface area (Å²) in [6.07, 6.45) is 1.11. The van der Waals surface area contributed by atoms with Crippen molar-refractivity contribution in [3.63, 3.8) is 0 Å². The molecule has 0 aromatic rings. The lowest BCUT2D eigenvalue weighted by Crippen LogP contribution is -2.22. The van der Waals surface area contributed by atoms with Crippen LogP contribution in [0.15, 0.2) is 12.2 Å². The Bertz CT molecular complexity index is 218. The molecular weight excluding hydrogens is 180 g/mol. The first-order valence-corrected chi connectivity index (χ1v) is 3.98. The van der Waals surface area contributed by atoms with Gasteiger partial charge in [-0.3, -0.25) is 4.79 Å². The highest BCUT2D eigenvalue weighted by molar-refractivity contribution is 5.75. The van der Waals surface area contributed by atoms with E-state index in [0.717, 1.165) is 0 Å². The molecule has 0 fully saturated rings. The normalized spacial score (nSPS) is 26.8. The van der Waals surface area contributed by atoms with E-state index in [0.29, 0.717) is 6.42 Å². The summed E-state index contributed by atoms with van der Waals surface area (Å²) in [6, 6.07) is -0.163. The molecule has 1 aliphatic carbocycles. The van der Waals surface area contributed by atoms with Gasteiger partial charge >= 0.3 is 5.97 Å². The molecule has 74 valence electrons. The fraction of sp³-hybridized carbons (Fsp3) is 0.625. The van der Waals surface area contributed by atoms with E-state index >= 15 is 0 Å². The Morgan fingerprint density at radius 2 is 2.31 bits per heavy atom. The smallest absolute Gasteiger partial charge is 0.313 e. The third kappa shape index (κ3) is 3.10. The number of ether oxygens (including phenoxy) is 1. The molecule has 0 aromatic carbocycles. The number of halogens is 2. The lowest BCUT2D eigenvalue weighted by atomic mass is 10.1. The van der Waals surface area contributed by atoms with Gasteiger partial charge in [0.1, 0.15) is 0 Å². The number of carbonyl (C=O) groups is 1. The Balaban J connectivity index is 2.29. The summed E-state index contributed by atoms with van der Waals surface area (Å²) >= 11 is 0. The van der Waals surface area contributed by atoms with Crippen LogP contribution in [0.3, 0.4) is 0 Å². The predicted molar refractivity (Wildman–Crippen MR) is 42.2 cm³/mol. The Morgan fingerprint density at radius 3 is 2.77 bits per heavy atom. The zero-order valence-corrected chi connectivity index (χ0v) is 6.95. The molecule has 0 heterocycles. The van der Waals surface area contributed by atoms with Crippen LogP contribution in [0.2, 0.25) is 0 Å². The molecule has 2 atom stereocenters. The van der Waals surface area contributed by atoms with Gasteiger partial charge in [-0.15, -0.1) is 0 Å². The van der Waals surface area contributed by atoms with Gasteiger partial charge in [0.05, 0.1) is 5.92 Å². The SMILES string of the molecule is N[C@H]1C=C[C@@H](C(=O)OCC(F)F)C1. The highest BCUT2D eigenvalue weighted by Gasteiger charge is 2.24. The molecule has 13 heavy (non-hydrogen) atoms. The largest absolute Gasteiger partial charge is 0.459 e. The van der Waals surface area contributed by atoms with Crippen molar-refractivity contribution in [2.45, 2.75) is 18.9 Å². The van der Waals surface area contributed by atoms with Crippen molar-refractivity contribution in [1.82, 2.24) is 0 Å². The van der Waals surface area contributed by atoms with Crippen LogP contribution in [0.1, 0.15) is 6.42 Å². The second kappa shape index (κ2) is 4.32. The molecule has 0 bridgehead atoms. The molecule has 3 nitrogen and oxygen atoms in total. The second-order valence-corrected chi connectivity index (χ2v) is 2.91. The van der Waals surface area contributed by atoms with Gasteiger partial charge in [-0.05, 0) is 6.42 Å². The Hall–Kier alpha value is -0.970. The molecule has 1 aliphatic rings. The van der Waals surface area contributed by atoms with Crippen LogP contribution < -0.4 is 5.73 Å². The number of carbonyl (C=O) groups excluding carboxylic acids is 1. The van der Waals surface area contributed by atoms with E-state index in [1.165, 1.54) is 0 Å². The molecule has 0 radical (unpaired) electrons. The standard InChI is InChI=1S/C8H11F2NO2/c9-7(10)4-13-8(12)5-1-2-6(11)3-5/h1-2,5-7H,3-4,11H2/t5-,6+/m1/s1. The summed E-state index contributed by atoms with van der Waals surface area (Å²) in [6.45, 7) is -0.835. The van der Waals surface area contributed by atoms with Crippen molar-refractivity contribution in [2.75, 3.05) is 6.61 Å². The first-order chi connectivity index (χ1) is 6.09. The summed E-state index contributed by atoms with van der Waals surface area (Å²) in [5.74, 6) is -1.07. The molecule has 0 saturated carbocycles. The predicted octanol–water partition coefficient (Wildman–Crippen LogP) is 0.698. The minimum Gasteiger partial charge on any atom is -0.459 e. The molecule has 2 N–H and O–H groups in total. The van der Waals surface area contributed by atoms with Crippen molar-refractivity contribution in [3.8, 4) is 0 Å². The van der Waals surface area contributed by atoms with E-state index in [2.05, 4.69) is 4.74 Å². The number of nitrogens with two attached hydrogens (primary N) is 1. The van der Waals surface area contributed by atoms with Crippen LogP contribution in [0.5, 0.6) is 0 Å². The molecule has 0 saturated heterocycles. The molecule has 5 heteroatoms. The number of hydrogen-bond donors (Lipinski definition) is 1. The fourth-order valence-corrected chi connectivity index (χ4v) is 1.15. The molecular formula is C8H11F2NO2. The van der Waals surface area contributed by atoms with Crippen molar-refractivity contribution in [2.24, 2.45) is 11.7 Å². The van der Waals surface area contributed by atoms with Gasteiger partial charge in [0, 0.05) is 6.04 Å². The summed E-state index contributed by atoms with van der Waals surface area (Å²) in [7, 11) is 0. The average Bonchev–Trinajstić information content (AvgIpc) is 2.47. The van der Waals surface area contributed by atoms with Crippen molar-refractivity contribution in [3.05, 3.63) is 12.2 Å². The highest BCUT2D eigenvalue weighted by Crippen LogP contribution is 2.17. The number of esters is 1. The van der Waals surface area contributed by atoms with Gasteiger partial charge in [-0.2, -0.15) is 0 Å². The summed E-state index contributed by atoms with van der Waals surface area (Å²) in [5, 5.41) is 0. The third-order valence-corrected chi connectivity index (χ3v) is 1.77. The van der Waals surface area contributed by atoms with E-state index in [-0.39, 0.29) is 6.04 Å². The van der Waals surface area contributed by atoms with Crippen LogP contribution in [-0.2, 0) is 9.53 Å². The Labute approximate surface area is 74.5 Å². The van der Waals surface area contributed by atoms with E-state index in [1.54, 1.807) is 12.2 Å². The van der Waals surface area contributed by atoms with Gasteiger partial charge < -0.3 is 10.5 Å². The van der Waals surface area contributed by atoms with Crippen LogP contribution in [0.4, 0.5) is 8.78 Å². The van der Waals surface area contributed by atoms with Gasteiger partial charge in [0.15, 0.2) is 6.61 Å². The second-order valence-electron chi connectivity index (χ2n) is 2.91. The van der Waals surface area contributed by atoms with E-state index in [9.17, 15) is 13.6 Å². The number of hydrogen-bond acceptors (Lipinski definition) is 3. The van der Waals surface area contributed by atoms with E-state index < -0.39 is 24.9 Å². The third-order valence-electron chi connectivity index (χ3n) is 1.77. The van der Waals surface area contributed by atoms with E-state index in [1.807, 2.05) is 0 Å². The van der Waals surface area contributed by atoms with Crippen molar-refractivity contribution < 1.29 is 18.3 Å². The molecule has 0 aromatic heterocycles. The summed E-state index contributed by atoms with van der Waals surface area (Å²) < 4.78 is 27.6. The van der Waals surface area contributed by atoms with E-state index in [4.69, 9.17) is 5.73 Å². The van der Waals surface area contributed by atoms with Gasteiger partial charge in [-0.25, -0.2) is 8.78 Å². The fourth-order valence-electron chi connectivity index (χ4n) is 1.15. The number of rotatable bonds is 3. The first-order valence-electron chi connectivity index (χ1n) is 3.98. The minimum atomic E-state index is -2.61. The molecule has 0 amide bonds. The van der Waals surface area contributed by atoms with Crippen LogP contribution in [-0.4, -0.2) is 25.0 Å². The molecule has 0 spiro atoms. The topological polar surface area (TPSA) is 52.3 Å². The molecule has 0 aliphatic heterocycles. The first kappa shape index (κ1) is 10.1. The maximum atomic E-state index is 11.6. The van der Waals surface area contributed by atoms with Gasteiger partial charge in [0.2, 0.25) is 0 Å². The summed E-state index contributed by atoms with van der Waals surface area (Å²) in [5.41, 5.74) is 5.48. The van der Waals surface area contributed by atoms with Crippen LogP contribution in [0.25, 0.3) is 0 Å². The van der Waals surface area contributed by atoms with Crippen molar-refractivity contribution >= 4 is 5.97 Å². The quantitative estimate of drug-likeness (QED) is 0.527. The van der Waals surface area contributed by atoms with Crippen molar-refractivity contribution in [1.29, 1.82) is 0 Å². The zero-order valence-electron chi connectivity index (χ0n) is 6.95. The summed E-state index contributed by atoms with van der Waals surface area (Å²) in [4.78, 5) is 11.0. The van der Waals surface area contributed by atoms with Crippen LogP contribution in [0, 0.1) is 5.92 Å².